The lowest BCUT2D eigenvalue weighted by molar-refractivity contribution is -0.133. The van der Waals surface area contributed by atoms with Crippen LogP contribution in [0.2, 0.25) is 10.0 Å². The number of amides is 1. The van der Waals surface area contributed by atoms with E-state index in [0.717, 1.165) is 6.42 Å². The number of nitrogens with zero attached hydrogens (tertiary/aromatic N) is 2. The highest BCUT2D eigenvalue weighted by molar-refractivity contribution is 7.89. The molecule has 9 heteroatoms. The Kier molecular flexibility index (Phi) is 6.32. The maximum absolute atomic E-state index is 13.1. The van der Waals surface area contributed by atoms with Crippen molar-refractivity contribution in [3.63, 3.8) is 0 Å². The first-order chi connectivity index (χ1) is 13.2. The summed E-state index contributed by atoms with van der Waals surface area (Å²) in [5, 5.41) is 3.81. The van der Waals surface area contributed by atoms with Crippen molar-refractivity contribution in [1.29, 1.82) is 0 Å². The molecule has 2 aliphatic rings. The van der Waals surface area contributed by atoms with E-state index in [1.54, 1.807) is 12.1 Å². The van der Waals surface area contributed by atoms with Gasteiger partial charge in [0.15, 0.2) is 0 Å². The quantitative estimate of drug-likeness (QED) is 0.750. The third-order valence-corrected chi connectivity index (χ3v) is 8.96. The van der Waals surface area contributed by atoms with E-state index in [0.29, 0.717) is 32.5 Å². The smallest absolute Gasteiger partial charge is 0.244 e. The van der Waals surface area contributed by atoms with Gasteiger partial charge in [-0.15, -0.1) is 0 Å². The number of sulfonamides is 1. The molecule has 1 aromatic rings. The van der Waals surface area contributed by atoms with Crippen molar-refractivity contribution >= 4 is 39.1 Å². The number of piperidine rings is 1. The predicted octanol–water partition coefficient (Wildman–Crippen LogP) is 3.34. The van der Waals surface area contributed by atoms with Crippen molar-refractivity contribution in [2.45, 2.75) is 56.6 Å². The first kappa shape index (κ1) is 21.8. The van der Waals surface area contributed by atoms with Crippen LogP contribution in [0.5, 0.6) is 0 Å². The van der Waals surface area contributed by atoms with E-state index >= 15 is 0 Å². The number of halogens is 2. The summed E-state index contributed by atoms with van der Waals surface area (Å²) < 4.78 is 27.6. The summed E-state index contributed by atoms with van der Waals surface area (Å²) in [5.74, 6) is 0.346. The largest absolute Gasteiger partial charge is 0.323 e. The van der Waals surface area contributed by atoms with Gasteiger partial charge in [-0.3, -0.25) is 10.1 Å². The summed E-state index contributed by atoms with van der Waals surface area (Å²) in [5.41, 5.74) is -0.482. The van der Waals surface area contributed by atoms with Crippen LogP contribution in [0.25, 0.3) is 0 Å². The standard InChI is InChI=1S/C19H27Cl2N3O3S/c1-4-13(3)17-18(25)24(5-2)19(22-17)9-11-23(12-10-19)28(26,27)15-8-6-7-14(20)16(15)21/h6-8,13,17,22H,4-5,9-12H2,1-3H3/t13-,17-/m1/s1. The number of nitrogens with one attached hydrogen (secondary N) is 1. The Hall–Kier alpha value is -0.860. The Balaban J connectivity index is 1.82. The SMILES string of the molecule is CC[C@@H](C)[C@H]1NC2(CCN(S(=O)(=O)c3cccc(Cl)c3Cl)CC2)N(CC)C1=O. The van der Waals surface area contributed by atoms with Crippen LogP contribution in [0.1, 0.15) is 40.0 Å². The van der Waals surface area contributed by atoms with Crippen LogP contribution in [-0.4, -0.2) is 54.9 Å². The lowest BCUT2D eigenvalue weighted by atomic mass is 9.96. The molecule has 1 N–H and O–H groups in total. The molecule has 1 aromatic carbocycles. The zero-order valence-electron chi connectivity index (χ0n) is 16.4. The Labute approximate surface area is 177 Å². The van der Waals surface area contributed by atoms with Crippen molar-refractivity contribution in [2.75, 3.05) is 19.6 Å². The predicted molar refractivity (Wildman–Crippen MR) is 111 cm³/mol. The first-order valence-corrected chi connectivity index (χ1v) is 11.9. The molecular weight excluding hydrogens is 421 g/mol. The van der Waals surface area contributed by atoms with Gasteiger partial charge in [0.05, 0.1) is 21.7 Å². The maximum atomic E-state index is 13.1. The van der Waals surface area contributed by atoms with Gasteiger partial charge in [0, 0.05) is 19.6 Å². The van der Waals surface area contributed by atoms with Crippen molar-refractivity contribution in [1.82, 2.24) is 14.5 Å². The molecule has 0 aliphatic carbocycles. The van der Waals surface area contributed by atoms with Crippen molar-refractivity contribution in [3.05, 3.63) is 28.2 Å². The van der Waals surface area contributed by atoms with Gasteiger partial charge in [0.2, 0.25) is 15.9 Å². The monoisotopic (exact) mass is 447 g/mol. The fraction of sp³-hybridized carbons (Fsp3) is 0.632. The third kappa shape index (κ3) is 3.56. The molecule has 6 nitrogen and oxygen atoms in total. The van der Waals surface area contributed by atoms with Gasteiger partial charge >= 0.3 is 0 Å². The molecule has 2 saturated heterocycles. The topological polar surface area (TPSA) is 69.7 Å². The van der Waals surface area contributed by atoms with Crippen molar-refractivity contribution in [2.24, 2.45) is 5.92 Å². The molecule has 0 saturated carbocycles. The minimum Gasteiger partial charge on any atom is -0.323 e. The van der Waals surface area contributed by atoms with E-state index in [2.05, 4.69) is 19.2 Å². The fourth-order valence-corrected chi connectivity index (χ4v) is 6.40. The highest BCUT2D eigenvalue weighted by Crippen LogP contribution is 2.37. The van der Waals surface area contributed by atoms with E-state index < -0.39 is 15.7 Å². The minimum atomic E-state index is -3.75. The third-order valence-electron chi connectivity index (χ3n) is 6.09. The van der Waals surface area contributed by atoms with Gasteiger partial charge in [-0.1, -0.05) is 49.5 Å². The van der Waals surface area contributed by atoms with Gasteiger partial charge < -0.3 is 4.90 Å². The lowest BCUT2D eigenvalue weighted by Crippen LogP contribution is -2.59. The number of hydrogen-bond acceptors (Lipinski definition) is 4. The normalized spacial score (nSPS) is 24.1. The number of benzene rings is 1. The minimum absolute atomic E-state index is 0.0258. The van der Waals surface area contributed by atoms with E-state index in [1.165, 1.54) is 10.4 Å². The molecule has 0 unspecified atom stereocenters. The summed E-state index contributed by atoms with van der Waals surface area (Å²) in [7, 11) is -3.75. The summed E-state index contributed by atoms with van der Waals surface area (Å²) in [6, 6.07) is 4.41. The van der Waals surface area contributed by atoms with E-state index in [9.17, 15) is 13.2 Å². The van der Waals surface area contributed by atoms with Crippen LogP contribution in [0.3, 0.4) is 0 Å². The Bertz CT molecular complexity index is 854. The summed E-state index contributed by atoms with van der Waals surface area (Å²) in [6.07, 6.45) is 1.98. The number of carbonyl (C=O) groups is 1. The molecule has 2 fully saturated rings. The maximum Gasteiger partial charge on any atom is 0.244 e. The molecule has 1 amide bonds. The highest BCUT2D eigenvalue weighted by Gasteiger charge is 2.52. The van der Waals surface area contributed by atoms with Crippen LogP contribution < -0.4 is 5.32 Å². The van der Waals surface area contributed by atoms with Gasteiger partial charge in [0.25, 0.3) is 0 Å². The van der Waals surface area contributed by atoms with Crippen LogP contribution in [0, 0.1) is 5.92 Å². The Morgan fingerprint density at radius 3 is 2.46 bits per heavy atom. The van der Waals surface area contributed by atoms with E-state index in [1.807, 2.05) is 11.8 Å². The van der Waals surface area contributed by atoms with Crippen molar-refractivity contribution in [3.8, 4) is 0 Å². The Morgan fingerprint density at radius 1 is 1.25 bits per heavy atom. The molecule has 0 bridgehead atoms. The molecule has 0 aromatic heterocycles. The number of likely N-dealkylation sites (N-methyl/N-ethyl adjacent to an activating group) is 1. The van der Waals surface area contributed by atoms with E-state index in [-0.39, 0.29) is 32.8 Å². The second-order valence-electron chi connectivity index (χ2n) is 7.58. The molecule has 2 aliphatic heterocycles. The van der Waals surface area contributed by atoms with Gasteiger partial charge in [-0.25, -0.2) is 8.42 Å². The Morgan fingerprint density at radius 2 is 1.89 bits per heavy atom. The van der Waals surface area contributed by atoms with Gasteiger partial charge in [0.1, 0.15) is 4.90 Å². The van der Waals surface area contributed by atoms with Crippen LogP contribution >= 0.6 is 23.2 Å². The molecule has 1 spiro atoms. The number of rotatable bonds is 5. The lowest BCUT2D eigenvalue weighted by Gasteiger charge is -2.44. The number of carbonyl (C=O) groups excluding carboxylic acids is 1. The molecule has 2 heterocycles. The first-order valence-electron chi connectivity index (χ1n) is 9.71. The zero-order valence-corrected chi connectivity index (χ0v) is 18.7. The van der Waals surface area contributed by atoms with Crippen LogP contribution in [-0.2, 0) is 14.8 Å². The molecule has 28 heavy (non-hydrogen) atoms. The second-order valence-corrected chi connectivity index (χ2v) is 10.3. The highest BCUT2D eigenvalue weighted by atomic mass is 35.5. The second kappa shape index (κ2) is 8.11. The van der Waals surface area contributed by atoms with Crippen molar-refractivity contribution < 1.29 is 13.2 Å². The van der Waals surface area contributed by atoms with Gasteiger partial charge in [-0.2, -0.15) is 4.31 Å². The molecular formula is C19H27Cl2N3O3S. The average molecular weight is 448 g/mol. The molecule has 3 rings (SSSR count). The zero-order chi connectivity index (χ0) is 20.7. The average Bonchev–Trinajstić information content (AvgIpc) is 2.94. The summed E-state index contributed by atoms with van der Waals surface area (Å²) >= 11 is 12.2. The number of hydrogen-bond donors (Lipinski definition) is 1. The van der Waals surface area contributed by atoms with Crippen LogP contribution in [0.15, 0.2) is 23.1 Å². The molecule has 0 radical (unpaired) electrons. The summed E-state index contributed by atoms with van der Waals surface area (Å²) in [6.45, 7) is 7.35. The molecule has 2 atom stereocenters. The van der Waals surface area contributed by atoms with Gasteiger partial charge in [-0.05, 0) is 37.8 Å². The van der Waals surface area contributed by atoms with Crippen LogP contribution in [0.4, 0.5) is 0 Å². The fourth-order valence-electron chi connectivity index (χ4n) is 4.22. The summed E-state index contributed by atoms with van der Waals surface area (Å²) in [4.78, 5) is 14.8. The van der Waals surface area contributed by atoms with E-state index in [4.69, 9.17) is 23.2 Å². The molecule has 156 valence electrons.